The summed E-state index contributed by atoms with van der Waals surface area (Å²) in [5, 5.41) is 50.1. The van der Waals surface area contributed by atoms with E-state index in [0.29, 0.717) is 19.3 Å². The van der Waals surface area contributed by atoms with Gasteiger partial charge in [-0.2, -0.15) is 0 Å². The summed E-state index contributed by atoms with van der Waals surface area (Å²) in [6, 6.07) is 0. The molecule has 0 spiro atoms. The summed E-state index contributed by atoms with van der Waals surface area (Å²) < 4.78 is 33.3. The standard InChI is InChI=1S/C47H73O13P/c1-3-5-7-9-11-13-15-17-18-19-20-21-22-24-26-28-30-32-34-36-41(49)59-39(38-58-61(55,56)60-47-45(53)43(51)42(50)44(52)46(47)54)37-57-40(48)35-33-31-29-27-25-23-16-14-12-10-8-6-4-2/h5-8,11-14,17-18,20-21,23-26,29,31,39,42-47,50-54H,3-4,9-10,15-16,19,22,27-28,30,32-38H2,1-2H3,(H,55,56)/b7-5-,8-6-,13-11-,14-12-,18-17-,21-20-,25-23-,26-24-,31-29-. The Morgan fingerprint density at radius 3 is 1.38 bits per heavy atom. The van der Waals surface area contributed by atoms with Gasteiger partial charge in [-0.1, -0.05) is 130 Å². The summed E-state index contributed by atoms with van der Waals surface area (Å²) in [4.78, 5) is 35.6. The van der Waals surface area contributed by atoms with Crippen molar-refractivity contribution in [1.29, 1.82) is 0 Å². The van der Waals surface area contributed by atoms with Crippen LogP contribution in [-0.4, -0.2) is 98.3 Å². The molecular weight excluding hydrogens is 803 g/mol. The number of unbranched alkanes of at least 4 members (excludes halogenated alkanes) is 3. The van der Waals surface area contributed by atoms with Crippen LogP contribution < -0.4 is 0 Å². The lowest BCUT2D eigenvalue weighted by Gasteiger charge is -2.41. The Kier molecular flexibility index (Phi) is 32.8. The molecular formula is C47H73O13P. The number of hydrogen-bond acceptors (Lipinski definition) is 12. The van der Waals surface area contributed by atoms with Crippen LogP contribution in [0.15, 0.2) is 109 Å². The second-order valence-electron chi connectivity index (χ2n) is 14.4. The molecule has 0 aromatic heterocycles. The van der Waals surface area contributed by atoms with Crippen LogP contribution >= 0.6 is 7.82 Å². The molecule has 0 bridgehead atoms. The third-order valence-corrected chi connectivity index (χ3v) is 10.1. The van der Waals surface area contributed by atoms with E-state index in [1.807, 2.05) is 18.2 Å². The lowest BCUT2D eigenvalue weighted by molar-refractivity contribution is -0.220. The molecule has 0 aliphatic heterocycles. The zero-order valence-corrected chi connectivity index (χ0v) is 37.0. The lowest BCUT2D eigenvalue weighted by atomic mass is 9.85. The van der Waals surface area contributed by atoms with E-state index >= 15 is 0 Å². The number of allylic oxidation sites excluding steroid dienone is 18. The number of aliphatic hydroxyl groups excluding tert-OH is 5. The van der Waals surface area contributed by atoms with Gasteiger partial charge in [-0.25, -0.2) is 4.57 Å². The Balaban J connectivity index is 2.56. The second-order valence-corrected chi connectivity index (χ2v) is 15.8. The number of hydrogen-bond donors (Lipinski definition) is 6. The van der Waals surface area contributed by atoms with Crippen LogP contribution in [-0.2, 0) is 32.7 Å². The maximum absolute atomic E-state index is 12.8. The number of carbonyl (C=O) groups is 2. The Labute approximate surface area is 363 Å². The molecule has 0 radical (unpaired) electrons. The first-order valence-corrected chi connectivity index (χ1v) is 23.2. The van der Waals surface area contributed by atoms with Crippen LogP contribution in [0.25, 0.3) is 0 Å². The van der Waals surface area contributed by atoms with Crippen LogP contribution in [0.1, 0.15) is 117 Å². The molecule has 6 unspecified atom stereocenters. The molecule has 13 nitrogen and oxygen atoms in total. The van der Waals surface area contributed by atoms with Crippen molar-refractivity contribution < 1.29 is 63.1 Å². The number of ether oxygens (including phenoxy) is 2. The van der Waals surface area contributed by atoms with E-state index in [9.17, 15) is 44.6 Å². The van der Waals surface area contributed by atoms with E-state index in [4.69, 9.17) is 18.5 Å². The Morgan fingerprint density at radius 2 is 0.918 bits per heavy atom. The summed E-state index contributed by atoms with van der Waals surface area (Å²) >= 11 is 0. The van der Waals surface area contributed by atoms with Crippen LogP contribution in [0, 0.1) is 0 Å². The first-order valence-electron chi connectivity index (χ1n) is 21.7. The number of rotatable bonds is 33. The molecule has 344 valence electrons. The molecule has 61 heavy (non-hydrogen) atoms. The second kappa shape index (κ2) is 36.0. The van der Waals surface area contributed by atoms with Gasteiger partial charge in [0, 0.05) is 12.8 Å². The quantitative estimate of drug-likeness (QED) is 0.0160. The van der Waals surface area contributed by atoms with Gasteiger partial charge in [0.1, 0.15) is 43.2 Å². The normalized spacial score (nSPS) is 23.1. The highest BCUT2D eigenvalue weighted by Crippen LogP contribution is 2.47. The van der Waals surface area contributed by atoms with Crippen molar-refractivity contribution in [2.45, 2.75) is 159 Å². The monoisotopic (exact) mass is 876 g/mol. The number of phosphoric acid groups is 1. The molecule has 14 heteroatoms. The van der Waals surface area contributed by atoms with Crippen molar-refractivity contribution in [1.82, 2.24) is 0 Å². The molecule has 1 saturated carbocycles. The molecule has 1 aliphatic carbocycles. The smallest absolute Gasteiger partial charge is 0.462 e. The fraction of sp³-hybridized carbons (Fsp3) is 0.574. The molecule has 6 atom stereocenters. The van der Waals surface area contributed by atoms with Gasteiger partial charge < -0.3 is 39.9 Å². The third-order valence-electron chi connectivity index (χ3n) is 9.12. The van der Waals surface area contributed by atoms with Crippen molar-refractivity contribution in [2.24, 2.45) is 0 Å². The summed E-state index contributed by atoms with van der Waals surface area (Å²) in [5.74, 6) is -1.25. The molecule has 1 fully saturated rings. The fourth-order valence-electron chi connectivity index (χ4n) is 5.68. The first kappa shape index (κ1) is 55.5. The average molecular weight is 877 g/mol. The largest absolute Gasteiger partial charge is 0.472 e. The van der Waals surface area contributed by atoms with Crippen molar-refractivity contribution in [2.75, 3.05) is 13.2 Å². The molecule has 0 saturated heterocycles. The minimum absolute atomic E-state index is 0.0310. The summed E-state index contributed by atoms with van der Waals surface area (Å²) in [5.41, 5.74) is 0. The van der Waals surface area contributed by atoms with Crippen molar-refractivity contribution >= 4 is 19.8 Å². The van der Waals surface area contributed by atoms with Gasteiger partial charge >= 0.3 is 19.8 Å². The topological polar surface area (TPSA) is 210 Å². The highest BCUT2D eigenvalue weighted by atomic mass is 31.2. The fourth-order valence-corrected chi connectivity index (χ4v) is 6.65. The van der Waals surface area contributed by atoms with Crippen LogP contribution in [0.5, 0.6) is 0 Å². The van der Waals surface area contributed by atoms with Gasteiger partial charge in [0.2, 0.25) is 0 Å². The van der Waals surface area contributed by atoms with E-state index in [0.717, 1.165) is 70.6 Å². The minimum atomic E-state index is -5.15. The number of carbonyl (C=O) groups excluding carboxylic acids is 2. The van der Waals surface area contributed by atoms with Gasteiger partial charge in [0.25, 0.3) is 0 Å². The SMILES string of the molecule is CC/C=C\C/C=C\C/C=C\C/C=C\C/C=C\CCCCCC(=O)OC(COC(=O)CC/C=C\C/C=C\C/C=C\C/C=C\CC)COP(=O)(O)OC1C(O)C(O)C(O)C(O)C1O. The lowest BCUT2D eigenvalue weighted by Crippen LogP contribution is -2.64. The zero-order chi connectivity index (χ0) is 45.0. The van der Waals surface area contributed by atoms with Crippen molar-refractivity contribution in [3.63, 3.8) is 0 Å². The summed E-state index contributed by atoms with van der Waals surface area (Å²) in [6.45, 7) is 2.94. The van der Waals surface area contributed by atoms with Gasteiger partial charge in [-0.3, -0.25) is 18.6 Å². The van der Waals surface area contributed by atoms with Crippen LogP contribution in [0.4, 0.5) is 0 Å². The van der Waals surface area contributed by atoms with Crippen LogP contribution in [0.3, 0.4) is 0 Å². The Hall–Kier alpha value is -3.49. The molecule has 0 amide bonds. The minimum Gasteiger partial charge on any atom is -0.462 e. The molecule has 6 N–H and O–H groups in total. The number of esters is 2. The number of aliphatic hydroxyl groups is 5. The summed E-state index contributed by atoms with van der Waals surface area (Å²) in [6.07, 6.45) is 35.9. The first-order chi connectivity index (χ1) is 29.4. The molecule has 1 aliphatic rings. The van der Waals surface area contributed by atoms with E-state index in [1.165, 1.54) is 0 Å². The molecule has 0 aromatic carbocycles. The highest BCUT2D eigenvalue weighted by molar-refractivity contribution is 7.47. The van der Waals surface area contributed by atoms with Crippen molar-refractivity contribution in [3.05, 3.63) is 109 Å². The Morgan fingerprint density at radius 1 is 0.508 bits per heavy atom. The van der Waals surface area contributed by atoms with Gasteiger partial charge in [0.15, 0.2) is 6.10 Å². The zero-order valence-electron chi connectivity index (χ0n) is 36.1. The maximum Gasteiger partial charge on any atom is 0.472 e. The maximum atomic E-state index is 12.8. The average Bonchev–Trinajstić information content (AvgIpc) is 3.24. The van der Waals surface area contributed by atoms with Gasteiger partial charge in [-0.05, 0) is 83.5 Å². The molecule has 0 heterocycles. The summed E-state index contributed by atoms with van der Waals surface area (Å²) in [7, 11) is -5.15. The number of phosphoric ester groups is 1. The Bertz CT molecular complexity index is 1480. The molecule has 0 aromatic rings. The van der Waals surface area contributed by atoms with E-state index in [-0.39, 0.29) is 12.8 Å². The van der Waals surface area contributed by atoms with Gasteiger partial charge in [0.05, 0.1) is 6.61 Å². The predicted octanol–water partition coefficient (Wildman–Crippen LogP) is 8.05. The predicted molar refractivity (Wildman–Crippen MR) is 239 cm³/mol. The third kappa shape index (κ3) is 28.7. The van der Waals surface area contributed by atoms with Gasteiger partial charge in [-0.15, -0.1) is 0 Å². The van der Waals surface area contributed by atoms with Crippen molar-refractivity contribution in [3.8, 4) is 0 Å². The molecule has 1 rings (SSSR count). The van der Waals surface area contributed by atoms with E-state index in [1.54, 1.807) is 0 Å². The van der Waals surface area contributed by atoms with Crippen LogP contribution in [0.2, 0.25) is 0 Å². The highest BCUT2D eigenvalue weighted by Gasteiger charge is 2.51. The van der Waals surface area contributed by atoms with E-state index in [2.05, 4.69) is 105 Å². The van der Waals surface area contributed by atoms with E-state index < -0.39 is 75.7 Å².